The average molecular weight is 504 g/mol. The number of hydrogen-bond donors (Lipinski definition) is 1. The third kappa shape index (κ3) is 4.41. The highest BCUT2D eigenvalue weighted by Gasteiger charge is 2.49. The van der Waals surface area contributed by atoms with E-state index in [1.807, 2.05) is 55.6 Å². The highest BCUT2D eigenvalue weighted by Crippen LogP contribution is 2.36. The molecule has 1 aliphatic heterocycles. The molecule has 2 unspecified atom stereocenters. The molecule has 2 heterocycles. The molecule has 2 aromatic carbocycles. The van der Waals surface area contributed by atoms with Crippen LogP contribution in [0.2, 0.25) is 0 Å². The maximum absolute atomic E-state index is 14.3. The summed E-state index contributed by atoms with van der Waals surface area (Å²) in [7, 11) is 3.41. The summed E-state index contributed by atoms with van der Waals surface area (Å²) in [5, 5.41) is 6.13. The number of hydrogen-bond acceptors (Lipinski definition) is 4. The van der Waals surface area contributed by atoms with E-state index in [4.69, 9.17) is 0 Å². The summed E-state index contributed by atoms with van der Waals surface area (Å²) in [6.45, 7) is 4.08. The Morgan fingerprint density at radius 3 is 2.42 bits per heavy atom. The van der Waals surface area contributed by atoms with Gasteiger partial charge in [0.05, 0.1) is 0 Å². The fourth-order valence-corrected chi connectivity index (χ4v) is 6.47. The Morgan fingerprint density at radius 1 is 1.08 bits per heavy atom. The van der Waals surface area contributed by atoms with Gasteiger partial charge in [-0.2, -0.15) is 0 Å². The maximum atomic E-state index is 14.3. The van der Waals surface area contributed by atoms with E-state index in [0.29, 0.717) is 6.42 Å². The van der Waals surface area contributed by atoms with Gasteiger partial charge in [0.25, 0.3) is 0 Å². The molecule has 1 saturated heterocycles. The smallest absolute Gasteiger partial charge is 0.249 e. The molecule has 0 radical (unpaired) electrons. The van der Waals surface area contributed by atoms with E-state index in [-0.39, 0.29) is 29.6 Å². The molecule has 2 aliphatic rings. The highest BCUT2D eigenvalue weighted by molar-refractivity contribution is 7.17. The lowest BCUT2D eigenvalue weighted by Gasteiger charge is -2.45. The number of likely N-dealkylation sites (N-methyl/N-ethyl adjacent to an activating group) is 1. The van der Waals surface area contributed by atoms with Crippen molar-refractivity contribution in [3.63, 3.8) is 0 Å². The van der Waals surface area contributed by atoms with E-state index in [9.17, 15) is 14.4 Å². The van der Waals surface area contributed by atoms with Crippen LogP contribution in [0.15, 0.2) is 53.9 Å². The predicted molar refractivity (Wildman–Crippen MR) is 143 cm³/mol. The van der Waals surface area contributed by atoms with Crippen LogP contribution >= 0.6 is 11.3 Å². The zero-order chi connectivity index (χ0) is 25.6. The zero-order valence-corrected chi connectivity index (χ0v) is 22.0. The molecule has 3 aromatic rings. The lowest BCUT2D eigenvalue weighted by atomic mass is 9.87. The van der Waals surface area contributed by atoms with E-state index in [2.05, 4.69) is 17.4 Å². The summed E-state index contributed by atoms with van der Waals surface area (Å²) in [6.07, 6.45) is 1.97. The normalized spacial score (nSPS) is 21.1. The number of carbonyl (C=O) groups is 3. The molecule has 0 spiro atoms. The molecule has 7 heteroatoms. The summed E-state index contributed by atoms with van der Waals surface area (Å²) in [5.41, 5.74) is 3.19. The van der Waals surface area contributed by atoms with Crippen molar-refractivity contribution in [3.05, 3.63) is 70.6 Å². The minimum Gasteiger partial charge on any atom is -0.347 e. The number of thiophene rings is 1. The highest BCUT2D eigenvalue weighted by atomic mass is 32.1. The van der Waals surface area contributed by atoms with E-state index < -0.39 is 18.1 Å². The van der Waals surface area contributed by atoms with Crippen molar-refractivity contribution in [2.75, 3.05) is 14.1 Å². The Morgan fingerprint density at radius 2 is 1.78 bits per heavy atom. The first-order chi connectivity index (χ1) is 17.2. The second-order valence-electron chi connectivity index (χ2n) is 10.7. The van der Waals surface area contributed by atoms with Crippen LogP contribution in [-0.2, 0) is 27.2 Å². The first kappa shape index (κ1) is 24.5. The molecule has 3 amide bonds. The minimum absolute atomic E-state index is 0.0317. The van der Waals surface area contributed by atoms with Crippen LogP contribution in [0.1, 0.15) is 43.0 Å². The van der Waals surface area contributed by atoms with Gasteiger partial charge in [-0.25, -0.2) is 0 Å². The van der Waals surface area contributed by atoms with Crippen molar-refractivity contribution >= 4 is 39.1 Å². The fraction of sp³-hybridized carbons (Fsp3) is 0.414. The molecule has 1 aliphatic carbocycles. The van der Waals surface area contributed by atoms with Gasteiger partial charge in [-0.15, -0.1) is 11.3 Å². The van der Waals surface area contributed by atoms with Gasteiger partial charge >= 0.3 is 0 Å². The van der Waals surface area contributed by atoms with E-state index in [1.165, 1.54) is 16.0 Å². The first-order valence-electron chi connectivity index (χ1n) is 12.6. The van der Waals surface area contributed by atoms with Crippen LogP contribution in [0.4, 0.5) is 0 Å². The molecule has 1 fully saturated rings. The Balaban J connectivity index is 1.57. The van der Waals surface area contributed by atoms with Gasteiger partial charge in [-0.1, -0.05) is 44.2 Å². The summed E-state index contributed by atoms with van der Waals surface area (Å²) in [4.78, 5) is 44.7. The van der Waals surface area contributed by atoms with Crippen LogP contribution in [0, 0.1) is 11.8 Å². The second-order valence-corrected chi connectivity index (χ2v) is 11.6. The van der Waals surface area contributed by atoms with Crippen molar-refractivity contribution in [1.82, 2.24) is 15.1 Å². The standard InChI is InChI=1S/C29H33N3O3S/c1-17(2)13-23-27(33)30-25(22-14-18-7-5-6-8-19(18)15-22)28(34)32(23)26(29(35)31(3)4)21-9-10-24-20(16-21)11-12-36-24/h5-12,16-17,22-23,25-26H,13-15H2,1-4H3,(H,30,33)/t23?,25?,26-/m1/s1. The maximum Gasteiger partial charge on any atom is 0.249 e. The van der Waals surface area contributed by atoms with E-state index >= 15 is 0 Å². The van der Waals surface area contributed by atoms with Crippen LogP contribution in [-0.4, -0.2) is 53.7 Å². The second kappa shape index (κ2) is 9.69. The van der Waals surface area contributed by atoms with Crippen molar-refractivity contribution in [1.29, 1.82) is 0 Å². The van der Waals surface area contributed by atoms with Crippen molar-refractivity contribution in [3.8, 4) is 0 Å². The summed E-state index contributed by atoms with van der Waals surface area (Å²) >= 11 is 1.64. The van der Waals surface area contributed by atoms with Crippen LogP contribution < -0.4 is 5.32 Å². The van der Waals surface area contributed by atoms with Gasteiger partial charge in [0.1, 0.15) is 18.1 Å². The molecule has 3 atom stereocenters. The Labute approximate surface area is 216 Å². The number of nitrogens with one attached hydrogen (secondary N) is 1. The predicted octanol–water partition coefficient (Wildman–Crippen LogP) is 4.19. The summed E-state index contributed by atoms with van der Waals surface area (Å²) in [6, 6.07) is 13.9. The molecule has 6 nitrogen and oxygen atoms in total. The zero-order valence-electron chi connectivity index (χ0n) is 21.2. The largest absolute Gasteiger partial charge is 0.347 e. The van der Waals surface area contributed by atoms with Gasteiger partial charge in [0, 0.05) is 18.8 Å². The van der Waals surface area contributed by atoms with Gasteiger partial charge in [0.2, 0.25) is 17.7 Å². The topological polar surface area (TPSA) is 69.7 Å². The molecular weight excluding hydrogens is 470 g/mol. The third-order valence-corrected chi connectivity index (χ3v) is 8.35. The number of amides is 3. The van der Waals surface area contributed by atoms with Crippen molar-refractivity contribution in [2.24, 2.45) is 11.8 Å². The SMILES string of the molecule is CC(C)CC1C(=O)NC(C2Cc3ccccc3C2)C(=O)N1[C@@H](C(=O)N(C)C)c1ccc2sccc2c1. The summed E-state index contributed by atoms with van der Waals surface area (Å²) in [5.74, 6) is -0.385. The average Bonchev–Trinajstić information content (AvgIpc) is 3.49. The Hall–Kier alpha value is -3.19. The molecule has 5 rings (SSSR count). The molecular formula is C29H33N3O3S. The molecule has 0 saturated carbocycles. The van der Waals surface area contributed by atoms with Gasteiger partial charge in [-0.3, -0.25) is 14.4 Å². The van der Waals surface area contributed by atoms with Crippen molar-refractivity contribution < 1.29 is 14.4 Å². The lowest BCUT2D eigenvalue weighted by Crippen LogP contribution is -2.67. The minimum atomic E-state index is -0.863. The third-order valence-electron chi connectivity index (χ3n) is 7.45. The summed E-state index contributed by atoms with van der Waals surface area (Å²) < 4.78 is 1.12. The Bertz CT molecular complexity index is 1290. The number of carbonyl (C=O) groups excluding carboxylic acids is 3. The number of piperazine rings is 1. The van der Waals surface area contributed by atoms with Crippen LogP contribution in [0.5, 0.6) is 0 Å². The van der Waals surface area contributed by atoms with Crippen LogP contribution in [0.25, 0.3) is 10.1 Å². The number of benzene rings is 2. The quantitative estimate of drug-likeness (QED) is 0.549. The monoisotopic (exact) mass is 503 g/mol. The molecule has 1 aromatic heterocycles. The molecule has 188 valence electrons. The lowest BCUT2D eigenvalue weighted by molar-refractivity contribution is -0.159. The van der Waals surface area contributed by atoms with Crippen LogP contribution in [0.3, 0.4) is 0 Å². The molecule has 36 heavy (non-hydrogen) atoms. The first-order valence-corrected chi connectivity index (χ1v) is 13.5. The fourth-order valence-electron chi connectivity index (χ4n) is 5.70. The van der Waals surface area contributed by atoms with Gasteiger partial charge in [-0.05, 0) is 76.8 Å². The van der Waals surface area contributed by atoms with E-state index in [0.717, 1.165) is 28.5 Å². The van der Waals surface area contributed by atoms with Crippen molar-refractivity contribution in [2.45, 2.75) is 51.2 Å². The number of nitrogens with zero attached hydrogens (tertiary/aromatic N) is 2. The number of fused-ring (bicyclic) bond motifs is 2. The molecule has 1 N–H and O–H groups in total. The van der Waals surface area contributed by atoms with E-state index in [1.54, 1.807) is 30.3 Å². The Kier molecular flexibility index (Phi) is 6.60. The molecule has 0 bridgehead atoms. The van der Waals surface area contributed by atoms with Gasteiger partial charge < -0.3 is 15.1 Å². The number of rotatable bonds is 6. The van der Waals surface area contributed by atoms with Gasteiger partial charge in [0.15, 0.2) is 0 Å².